The normalized spacial score (nSPS) is 17.3. The second-order valence-corrected chi connectivity index (χ2v) is 5.71. The number of nitrogens with zero attached hydrogens (tertiary/aromatic N) is 3. The Bertz CT molecular complexity index is 479. The number of hydrogen-bond acceptors (Lipinski definition) is 4. The van der Waals surface area contributed by atoms with Gasteiger partial charge in [0.25, 0.3) is 5.91 Å². The van der Waals surface area contributed by atoms with Gasteiger partial charge in [-0.15, -0.1) is 0 Å². The molecule has 5 heteroatoms. The molecule has 0 unspecified atom stereocenters. The summed E-state index contributed by atoms with van der Waals surface area (Å²) in [6.07, 6.45) is 1.64. The lowest BCUT2D eigenvalue weighted by Crippen LogP contribution is -2.64. The first-order chi connectivity index (χ1) is 8.83. The largest absolute Gasteiger partial charge is 0.386 e. The molecule has 1 saturated heterocycles. The maximum atomic E-state index is 11.9. The Morgan fingerprint density at radius 1 is 1.47 bits per heavy atom. The fourth-order valence-electron chi connectivity index (χ4n) is 2.12. The molecule has 104 valence electrons. The maximum absolute atomic E-state index is 11.9. The summed E-state index contributed by atoms with van der Waals surface area (Å²) in [4.78, 5) is 19.5. The van der Waals surface area contributed by atoms with Crippen LogP contribution < -0.4 is 4.90 Å². The number of aliphatic hydroxyl groups is 1. The van der Waals surface area contributed by atoms with E-state index in [1.54, 1.807) is 26.4 Å². The van der Waals surface area contributed by atoms with Crippen molar-refractivity contribution in [3.8, 4) is 0 Å². The predicted octanol–water partition coefficient (Wildman–Crippen LogP) is 0.991. The van der Waals surface area contributed by atoms with Crippen LogP contribution in [0.5, 0.6) is 0 Å². The van der Waals surface area contributed by atoms with Gasteiger partial charge >= 0.3 is 0 Å². The molecule has 1 amide bonds. The topological polar surface area (TPSA) is 56.7 Å². The highest BCUT2D eigenvalue weighted by Gasteiger charge is 2.43. The van der Waals surface area contributed by atoms with E-state index in [0.717, 1.165) is 5.69 Å². The van der Waals surface area contributed by atoms with Crippen LogP contribution in [-0.2, 0) is 0 Å². The molecule has 1 aromatic heterocycles. The van der Waals surface area contributed by atoms with E-state index in [4.69, 9.17) is 0 Å². The Kier molecular flexibility index (Phi) is 3.49. The van der Waals surface area contributed by atoms with E-state index in [2.05, 4.69) is 9.88 Å². The Hall–Kier alpha value is -1.62. The smallest absolute Gasteiger partial charge is 0.272 e. The van der Waals surface area contributed by atoms with E-state index >= 15 is 0 Å². The highest BCUT2D eigenvalue weighted by Crippen LogP contribution is 2.32. The number of carbonyl (C=O) groups excluding carboxylic acids is 1. The maximum Gasteiger partial charge on any atom is 0.272 e. The summed E-state index contributed by atoms with van der Waals surface area (Å²) in [5.41, 5.74) is 0.752. The fourth-order valence-corrected chi connectivity index (χ4v) is 2.12. The van der Waals surface area contributed by atoms with Crippen LogP contribution in [-0.4, -0.2) is 53.7 Å². The zero-order chi connectivity index (χ0) is 14.2. The first-order valence-corrected chi connectivity index (χ1v) is 6.48. The highest BCUT2D eigenvalue weighted by molar-refractivity contribution is 5.92. The number of amides is 1. The lowest BCUT2D eigenvalue weighted by Gasteiger charge is -2.50. The molecule has 1 aliphatic rings. The number of carbonyl (C=O) groups is 1. The van der Waals surface area contributed by atoms with Crippen molar-refractivity contribution in [2.45, 2.75) is 19.4 Å². The SMILES string of the molecule is CC(C)C1(O)CN(c2ccnc(C(=O)N(C)C)c2)C1. The van der Waals surface area contributed by atoms with Crippen molar-refractivity contribution in [2.24, 2.45) is 5.92 Å². The minimum absolute atomic E-state index is 0.110. The molecule has 0 spiro atoms. The Labute approximate surface area is 113 Å². The predicted molar refractivity (Wildman–Crippen MR) is 74.3 cm³/mol. The first kappa shape index (κ1) is 13.8. The van der Waals surface area contributed by atoms with Crippen LogP contribution in [0.15, 0.2) is 18.3 Å². The third-order valence-corrected chi connectivity index (χ3v) is 3.74. The minimum atomic E-state index is -0.616. The van der Waals surface area contributed by atoms with E-state index in [-0.39, 0.29) is 11.8 Å². The van der Waals surface area contributed by atoms with E-state index in [9.17, 15) is 9.90 Å². The van der Waals surface area contributed by atoms with Crippen molar-refractivity contribution in [3.63, 3.8) is 0 Å². The van der Waals surface area contributed by atoms with Crippen molar-refractivity contribution in [1.29, 1.82) is 0 Å². The summed E-state index contributed by atoms with van der Waals surface area (Å²) >= 11 is 0. The van der Waals surface area contributed by atoms with E-state index in [1.807, 2.05) is 19.9 Å². The number of aromatic nitrogens is 1. The lowest BCUT2D eigenvalue weighted by atomic mass is 9.82. The summed E-state index contributed by atoms with van der Waals surface area (Å²) < 4.78 is 0. The summed E-state index contributed by atoms with van der Waals surface area (Å²) in [5.74, 6) is 0.120. The summed E-state index contributed by atoms with van der Waals surface area (Å²) in [7, 11) is 3.41. The van der Waals surface area contributed by atoms with Gasteiger partial charge in [-0.3, -0.25) is 9.78 Å². The standard InChI is InChI=1S/C14H21N3O2/c1-10(2)14(19)8-17(9-14)11-5-6-15-12(7-11)13(18)16(3)4/h5-7,10,19H,8-9H2,1-4H3. The van der Waals surface area contributed by atoms with Gasteiger partial charge in [-0.1, -0.05) is 13.8 Å². The zero-order valence-electron chi connectivity index (χ0n) is 11.9. The number of anilines is 1. The first-order valence-electron chi connectivity index (χ1n) is 6.48. The van der Waals surface area contributed by atoms with Crippen LogP contribution in [0.2, 0.25) is 0 Å². The van der Waals surface area contributed by atoms with Crippen LogP contribution in [0.3, 0.4) is 0 Å². The molecule has 19 heavy (non-hydrogen) atoms. The molecule has 0 saturated carbocycles. The van der Waals surface area contributed by atoms with Crippen molar-refractivity contribution in [1.82, 2.24) is 9.88 Å². The van der Waals surface area contributed by atoms with Crippen LogP contribution in [0.25, 0.3) is 0 Å². The Balaban J connectivity index is 2.12. The van der Waals surface area contributed by atoms with Crippen LogP contribution in [0, 0.1) is 5.92 Å². The van der Waals surface area contributed by atoms with Gasteiger partial charge in [-0.05, 0) is 18.1 Å². The van der Waals surface area contributed by atoms with Crippen LogP contribution in [0.4, 0.5) is 5.69 Å². The molecular formula is C14H21N3O2. The summed E-state index contributed by atoms with van der Waals surface area (Å²) in [6.45, 7) is 5.24. The molecule has 1 aromatic rings. The van der Waals surface area contributed by atoms with Gasteiger partial charge in [0, 0.05) is 39.1 Å². The molecule has 1 aliphatic heterocycles. The second kappa shape index (κ2) is 4.81. The molecule has 0 bridgehead atoms. The summed E-state index contributed by atoms with van der Waals surface area (Å²) in [5, 5.41) is 10.3. The van der Waals surface area contributed by atoms with Crippen molar-refractivity contribution in [2.75, 3.05) is 32.1 Å². The molecule has 0 radical (unpaired) electrons. The van der Waals surface area contributed by atoms with E-state index in [1.165, 1.54) is 4.90 Å². The molecule has 5 nitrogen and oxygen atoms in total. The van der Waals surface area contributed by atoms with Gasteiger partial charge in [-0.25, -0.2) is 0 Å². The third kappa shape index (κ3) is 2.56. The second-order valence-electron chi connectivity index (χ2n) is 5.71. The van der Waals surface area contributed by atoms with Crippen LogP contribution >= 0.6 is 0 Å². The highest BCUT2D eigenvalue weighted by atomic mass is 16.3. The average Bonchev–Trinajstić information content (AvgIpc) is 2.33. The molecule has 2 heterocycles. The van der Waals surface area contributed by atoms with E-state index < -0.39 is 5.60 Å². The number of β-amino-alcohol motifs (C(OH)–C–C–N with tert-alkyl or cyclic N) is 1. The van der Waals surface area contributed by atoms with Gasteiger partial charge in [0.15, 0.2) is 0 Å². The monoisotopic (exact) mass is 263 g/mol. The summed E-state index contributed by atoms with van der Waals surface area (Å²) in [6, 6.07) is 3.65. The molecule has 0 aromatic carbocycles. The zero-order valence-corrected chi connectivity index (χ0v) is 11.9. The van der Waals surface area contributed by atoms with Crippen molar-refractivity contribution >= 4 is 11.6 Å². The van der Waals surface area contributed by atoms with Crippen LogP contribution in [0.1, 0.15) is 24.3 Å². The minimum Gasteiger partial charge on any atom is -0.386 e. The lowest BCUT2D eigenvalue weighted by molar-refractivity contribution is -0.0300. The molecule has 0 atom stereocenters. The molecule has 1 N–H and O–H groups in total. The molecule has 1 fully saturated rings. The Morgan fingerprint density at radius 2 is 2.11 bits per heavy atom. The van der Waals surface area contributed by atoms with Gasteiger partial charge in [0.05, 0.1) is 0 Å². The van der Waals surface area contributed by atoms with Gasteiger partial charge in [0.1, 0.15) is 11.3 Å². The van der Waals surface area contributed by atoms with Gasteiger partial charge < -0.3 is 14.9 Å². The molecule has 0 aliphatic carbocycles. The third-order valence-electron chi connectivity index (χ3n) is 3.74. The van der Waals surface area contributed by atoms with Crippen molar-refractivity contribution < 1.29 is 9.90 Å². The Morgan fingerprint density at radius 3 is 2.63 bits per heavy atom. The number of hydrogen-bond donors (Lipinski definition) is 1. The molecule has 2 rings (SSSR count). The number of pyridine rings is 1. The van der Waals surface area contributed by atoms with Gasteiger partial charge in [0.2, 0.25) is 0 Å². The van der Waals surface area contributed by atoms with Crippen molar-refractivity contribution in [3.05, 3.63) is 24.0 Å². The molecular weight excluding hydrogens is 242 g/mol. The van der Waals surface area contributed by atoms with E-state index in [0.29, 0.717) is 18.8 Å². The van der Waals surface area contributed by atoms with Gasteiger partial charge in [-0.2, -0.15) is 0 Å². The average molecular weight is 263 g/mol. The fraction of sp³-hybridized carbons (Fsp3) is 0.571. The quantitative estimate of drug-likeness (QED) is 0.883. The number of rotatable bonds is 3.